The summed E-state index contributed by atoms with van der Waals surface area (Å²) in [5.41, 5.74) is -1.77. The van der Waals surface area contributed by atoms with Crippen LogP contribution in [0.4, 0.5) is 24.5 Å². The summed E-state index contributed by atoms with van der Waals surface area (Å²) >= 11 is 0. The molecule has 1 saturated heterocycles. The smallest absolute Gasteiger partial charge is 0.415 e. The number of halogens is 3. The Morgan fingerprint density at radius 3 is 2.44 bits per heavy atom. The highest BCUT2D eigenvalue weighted by Gasteiger charge is 2.41. The minimum Gasteiger partial charge on any atom is -0.415 e. The lowest BCUT2D eigenvalue weighted by Gasteiger charge is -2.38. The van der Waals surface area contributed by atoms with Crippen molar-refractivity contribution in [3.63, 3.8) is 0 Å². The number of nitro benzene ring substituents is 1. The van der Waals surface area contributed by atoms with Crippen molar-refractivity contribution in [1.29, 1.82) is 0 Å². The first-order valence-electron chi connectivity index (χ1n) is 9.00. The summed E-state index contributed by atoms with van der Waals surface area (Å²) in [5, 5.41) is 11.0. The van der Waals surface area contributed by atoms with E-state index in [2.05, 4.69) is 33.9 Å². The van der Waals surface area contributed by atoms with Gasteiger partial charge in [0.2, 0.25) is 0 Å². The van der Waals surface area contributed by atoms with Gasteiger partial charge in [-0.1, -0.05) is 20.8 Å². The molecule has 1 atom stereocenters. The SMILES string of the molecule is CC(C)(C)[Si](C)(C)OCC1CCCN1c1ccc([N+](=O)[O-])c(C(F)(F)F)c1. The van der Waals surface area contributed by atoms with Gasteiger partial charge >= 0.3 is 6.18 Å². The van der Waals surface area contributed by atoms with Crippen LogP contribution < -0.4 is 4.90 Å². The van der Waals surface area contributed by atoms with Crippen molar-refractivity contribution >= 4 is 19.7 Å². The molecule has 0 amide bonds. The van der Waals surface area contributed by atoms with E-state index < -0.39 is 30.7 Å². The highest BCUT2D eigenvalue weighted by molar-refractivity contribution is 6.74. The fourth-order valence-electron chi connectivity index (χ4n) is 2.96. The number of hydrogen-bond donors (Lipinski definition) is 0. The minimum absolute atomic E-state index is 0.0262. The van der Waals surface area contributed by atoms with Crippen LogP contribution in [-0.2, 0) is 10.6 Å². The van der Waals surface area contributed by atoms with Crippen LogP contribution in [0.1, 0.15) is 39.2 Å². The van der Waals surface area contributed by atoms with Gasteiger partial charge in [-0.2, -0.15) is 13.2 Å². The average molecular weight is 405 g/mol. The van der Waals surface area contributed by atoms with E-state index in [1.54, 1.807) is 0 Å². The summed E-state index contributed by atoms with van der Waals surface area (Å²) in [6, 6.07) is 3.21. The van der Waals surface area contributed by atoms with Gasteiger partial charge < -0.3 is 9.33 Å². The van der Waals surface area contributed by atoms with Crippen LogP contribution in [0.25, 0.3) is 0 Å². The van der Waals surface area contributed by atoms with E-state index in [0.29, 0.717) is 18.8 Å². The quantitative estimate of drug-likeness (QED) is 0.364. The second kappa shape index (κ2) is 7.42. The summed E-state index contributed by atoms with van der Waals surface area (Å²) in [5.74, 6) is 0. The van der Waals surface area contributed by atoms with Crippen LogP contribution in [0.5, 0.6) is 0 Å². The Labute approximate surface area is 158 Å². The maximum atomic E-state index is 13.3. The zero-order chi connectivity index (χ0) is 20.6. The lowest BCUT2D eigenvalue weighted by atomic mass is 10.1. The average Bonchev–Trinajstić information content (AvgIpc) is 2.99. The zero-order valence-electron chi connectivity index (χ0n) is 16.4. The maximum Gasteiger partial charge on any atom is 0.423 e. The number of nitrogens with zero attached hydrogens (tertiary/aromatic N) is 2. The lowest BCUT2D eigenvalue weighted by molar-refractivity contribution is -0.388. The number of nitro groups is 1. The molecule has 1 heterocycles. The van der Waals surface area contributed by atoms with Gasteiger partial charge in [0.1, 0.15) is 5.56 Å². The Morgan fingerprint density at radius 2 is 1.93 bits per heavy atom. The molecule has 0 aliphatic carbocycles. The molecule has 0 radical (unpaired) electrons. The Hall–Kier alpha value is -1.61. The van der Waals surface area contributed by atoms with Crippen LogP contribution in [0.3, 0.4) is 0 Å². The fraction of sp³-hybridized carbons (Fsp3) is 0.667. The van der Waals surface area contributed by atoms with Crippen molar-refractivity contribution in [2.24, 2.45) is 0 Å². The van der Waals surface area contributed by atoms with Gasteiger partial charge in [0.15, 0.2) is 8.32 Å². The van der Waals surface area contributed by atoms with Crippen LogP contribution >= 0.6 is 0 Å². The molecule has 1 aliphatic rings. The van der Waals surface area contributed by atoms with Crippen LogP contribution in [0.2, 0.25) is 18.1 Å². The van der Waals surface area contributed by atoms with Gasteiger partial charge in [-0.3, -0.25) is 10.1 Å². The first kappa shape index (κ1) is 21.7. The Balaban J connectivity index is 2.25. The monoisotopic (exact) mass is 404 g/mol. The Bertz CT molecular complexity index is 702. The van der Waals surface area contributed by atoms with Crippen LogP contribution in [0, 0.1) is 10.1 Å². The number of rotatable bonds is 5. The Kier molecular flexibility index (Phi) is 5.96. The van der Waals surface area contributed by atoms with Gasteiger partial charge in [-0.05, 0) is 43.1 Å². The number of hydrogen-bond acceptors (Lipinski definition) is 4. The van der Waals surface area contributed by atoms with Gasteiger partial charge in [0.25, 0.3) is 5.69 Å². The summed E-state index contributed by atoms with van der Waals surface area (Å²) in [6.45, 7) is 11.8. The molecule has 152 valence electrons. The van der Waals surface area contributed by atoms with E-state index in [4.69, 9.17) is 4.43 Å². The molecule has 1 fully saturated rings. The molecule has 0 N–H and O–H groups in total. The first-order chi connectivity index (χ1) is 12.2. The van der Waals surface area contributed by atoms with Gasteiger partial charge in [0.05, 0.1) is 17.6 Å². The molecular weight excluding hydrogens is 377 g/mol. The molecular formula is C18H27F3N2O3Si. The summed E-state index contributed by atoms with van der Waals surface area (Å²) in [7, 11) is -1.96. The molecule has 27 heavy (non-hydrogen) atoms. The van der Waals surface area contributed by atoms with Crippen molar-refractivity contribution < 1.29 is 22.5 Å². The second-order valence-electron chi connectivity index (χ2n) is 8.52. The molecule has 1 aliphatic heterocycles. The van der Waals surface area contributed by atoms with Gasteiger partial charge in [0, 0.05) is 18.3 Å². The molecule has 9 heteroatoms. The summed E-state index contributed by atoms with van der Waals surface area (Å²) < 4.78 is 46.1. The van der Waals surface area contributed by atoms with E-state index in [9.17, 15) is 23.3 Å². The largest absolute Gasteiger partial charge is 0.423 e. The molecule has 0 saturated carbocycles. The lowest BCUT2D eigenvalue weighted by Crippen LogP contribution is -2.44. The predicted octanol–water partition coefficient (Wildman–Crippen LogP) is 5.60. The van der Waals surface area contributed by atoms with Crippen LogP contribution in [0.15, 0.2) is 18.2 Å². The normalized spacial score (nSPS) is 18.8. The molecule has 2 rings (SSSR count). The fourth-order valence-corrected chi connectivity index (χ4v) is 4.00. The summed E-state index contributed by atoms with van der Waals surface area (Å²) in [4.78, 5) is 11.8. The van der Waals surface area contributed by atoms with E-state index in [0.717, 1.165) is 25.0 Å². The van der Waals surface area contributed by atoms with Crippen molar-refractivity contribution in [1.82, 2.24) is 0 Å². The van der Waals surface area contributed by atoms with E-state index in [-0.39, 0.29) is 11.1 Å². The third kappa shape index (κ3) is 4.81. The van der Waals surface area contributed by atoms with Crippen molar-refractivity contribution in [3.8, 4) is 0 Å². The first-order valence-corrected chi connectivity index (χ1v) is 11.9. The maximum absolute atomic E-state index is 13.3. The van der Waals surface area contributed by atoms with Gasteiger partial charge in [-0.15, -0.1) is 0 Å². The molecule has 0 spiro atoms. The van der Waals surface area contributed by atoms with Crippen LogP contribution in [-0.4, -0.2) is 32.4 Å². The molecule has 0 aromatic heterocycles. The molecule has 1 aromatic rings. The second-order valence-corrected chi connectivity index (χ2v) is 13.3. The minimum atomic E-state index is -4.77. The van der Waals surface area contributed by atoms with E-state index in [1.807, 2.05) is 4.90 Å². The molecule has 0 bridgehead atoms. The highest BCUT2D eigenvalue weighted by atomic mass is 28.4. The third-order valence-corrected chi connectivity index (χ3v) is 10.1. The topological polar surface area (TPSA) is 55.6 Å². The molecule has 1 unspecified atom stereocenters. The van der Waals surface area contributed by atoms with Crippen molar-refractivity contribution in [2.45, 2.75) is 64.0 Å². The number of benzene rings is 1. The van der Waals surface area contributed by atoms with Gasteiger partial charge in [-0.25, -0.2) is 0 Å². The summed E-state index contributed by atoms with van der Waals surface area (Å²) in [6.07, 6.45) is -3.10. The predicted molar refractivity (Wildman–Crippen MR) is 102 cm³/mol. The molecule has 1 aromatic carbocycles. The molecule has 5 nitrogen and oxygen atoms in total. The third-order valence-electron chi connectivity index (χ3n) is 5.63. The Morgan fingerprint density at radius 1 is 1.30 bits per heavy atom. The van der Waals surface area contributed by atoms with Crippen molar-refractivity contribution in [3.05, 3.63) is 33.9 Å². The highest BCUT2D eigenvalue weighted by Crippen LogP contribution is 2.40. The number of anilines is 1. The van der Waals surface area contributed by atoms with E-state index in [1.165, 1.54) is 6.07 Å². The van der Waals surface area contributed by atoms with E-state index >= 15 is 0 Å². The number of alkyl halides is 3. The van der Waals surface area contributed by atoms with Crippen molar-refractivity contribution in [2.75, 3.05) is 18.1 Å². The zero-order valence-corrected chi connectivity index (χ0v) is 17.4. The standard InChI is InChI=1S/C18H27F3N2O3Si/c1-17(2,3)27(4,5)26-12-14-7-6-10-22(14)13-8-9-16(23(24)25)15(11-13)18(19,20)21/h8-9,11,14H,6-7,10,12H2,1-5H3.